The average molecular weight is 322 g/mol. The Morgan fingerprint density at radius 2 is 1.83 bits per heavy atom. The van der Waals surface area contributed by atoms with Crippen molar-refractivity contribution in [2.45, 2.75) is 50.8 Å². The van der Waals surface area contributed by atoms with Gasteiger partial charge in [0.1, 0.15) is 5.75 Å². The van der Waals surface area contributed by atoms with Crippen LogP contribution in [0.25, 0.3) is 5.69 Å². The summed E-state index contributed by atoms with van der Waals surface area (Å²) in [7, 11) is 0. The Kier molecular flexibility index (Phi) is 3.18. The summed E-state index contributed by atoms with van der Waals surface area (Å²) in [6, 6.07) is 6.06. The van der Waals surface area contributed by atoms with Gasteiger partial charge in [-0.25, -0.2) is 4.68 Å². The van der Waals surface area contributed by atoms with Crippen molar-refractivity contribution in [1.29, 1.82) is 0 Å². The molecule has 122 valence electrons. The molecule has 1 heterocycles. The van der Waals surface area contributed by atoms with Gasteiger partial charge in [-0.2, -0.15) is 5.10 Å². The zero-order chi connectivity index (χ0) is 16.2. The van der Waals surface area contributed by atoms with Crippen molar-refractivity contribution in [3.63, 3.8) is 0 Å². The summed E-state index contributed by atoms with van der Waals surface area (Å²) in [5.41, 5.74) is 4.09. The number of halogens is 3. The van der Waals surface area contributed by atoms with E-state index in [9.17, 15) is 13.2 Å². The molecule has 4 rings (SSSR count). The molecule has 2 fully saturated rings. The Hall–Kier alpha value is -1.98. The van der Waals surface area contributed by atoms with Gasteiger partial charge in [0.15, 0.2) is 0 Å². The number of hydrogen-bond acceptors (Lipinski definition) is 2. The molecule has 0 aliphatic heterocycles. The highest BCUT2D eigenvalue weighted by atomic mass is 19.4. The monoisotopic (exact) mass is 322 g/mol. The fourth-order valence-corrected chi connectivity index (χ4v) is 3.12. The van der Waals surface area contributed by atoms with Gasteiger partial charge in [0.2, 0.25) is 0 Å². The van der Waals surface area contributed by atoms with E-state index in [0.29, 0.717) is 17.5 Å². The molecule has 0 N–H and O–H groups in total. The average Bonchev–Trinajstić information content (AvgIpc) is 3.36. The topological polar surface area (TPSA) is 27.1 Å². The Balaban J connectivity index is 1.75. The van der Waals surface area contributed by atoms with Crippen LogP contribution in [0.3, 0.4) is 0 Å². The lowest BCUT2D eigenvalue weighted by molar-refractivity contribution is -0.274. The number of ether oxygens (including phenoxy) is 1. The molecule has 0 bridgehead atoms. The van der Waals surface area contributed by atoms with Gasteiger partial charge in [0.25, 0.3) is 0 Å². The summed E-state index contributed by atoms with van der Waals surface area (Å²) in [5, 5.41) is 4.72. The molecule has 0 radical (unpaired) electrons. The van der Waals surface area contributed by atoms with Crippen LogP contribution in [0.5, 0.6) is 5.75 Å². The lowest BCUT2D eigenvalue weighted by Gasteiger charge is -2.12. The fourth-order valence-electron chi connectivity index (χ4n) is 3.12. The van der Waals surface area contributed by atoms with Crippen LogP contribution in [0.1, 0.15) is 54.5 Å². The van der Waals surface area contributed by atoms with Gasteiger partial charge >= 0.3 is 6.36 Å². The molecular weight excluding hydrogens is 305 g/mol. The lowest BCUT2D eigenvalue weighted by atomic mass is 10.1. The van der Waals surface area contributed by atoms with Gasteiger partial charge < -0.3 is 4.74 Å². The van der Waals surface area contributed by atoms with Crippen LogP contribution in [0.15, 0.2) is 24.3 Å². The van der Waals surface area contributed by atoms with Crippen molar-refractivity contribution in [3.8, 4) is 11.4 Å². The van der Waals surface area contributed by atoms with Crippen LogP contribution in [-0.4, -0.2) is 16.1 Å². The van der Waals surface area contributed by atoms with Gasteiger partial charge in [-0.05, 0) is 50.3 Å². The summed E-state index contributed by atoms with van der Waals surface area (Å²) < 4.78 is 43.2. The molecule has 3 nitrogen and oxygen atoms in total. The molecule has 0 spiro atoms. The van der Waals surface area contributed by atoms with E-state index in [1.54, 1.807) is 12.1 Å². The van der Waals surface area contributed by atoms with E-state index >= 15 is 0 Å². The van der Waals surface area contributed by atoms with Crippen molar-refractivity contribution in [1.82, 2.24) is 9.78 Å². The van der Waals surface area contributed by atoms with E-state index in [0.717, 1.165) is 37.1 Å². The summed E-state index contributed by atoms with van der Waals surface area (Å²) in [5.74, 6) is 0.781. The third-order valence-electron chi connectivity index (χ3n) is 4.43. The molecule has 1 aromatic carbocycles. The number of aromatic nitrogens is 2. The zero-order valence-corrected chi connectivity index (χ0v) is 12.7. The standard InChI is InChI=1S/C17H17F3N2O/c1-10-15(11-5-6-11)21-22(16(10)12-7-8-12)13-3-2-4-14(9-13)23-17(18,19)20/h2-4,9,11-12H,5-8H2,1H3. The molecule has 2 aromatic rings. The second-order valence-electron chi connectivity index (χ2n) is 6.40. The maximum atomic E-state index is 12.4. The Morgan fingerprint density at radius 1 is 1.13 bits per heavy atom. The molecule has 23 heavy (non-hydrogen) atoms. The molecule has 0 unspecified atom stereocenters. The highest BCUT2D eigenvalue weighted by Crippen LogP contribution is 2.47. The number of alkyl halides is 3. The third-order valence-corrected chi connectivity index (χ3v) is 4.43. The molecule has 2 saturated carbocycles. The Morgan fingerprint density at radius 3 is 2.43 bits per heavy atom. The van der Waals surface area contributed by atoms with E-state index in [-0.39, 0.29) is 5.75 Å². The summed E-state index contributed by atoms with van der Waals surface area (Å²) >= 11 is 0. The number of nitrogens with zero attached hydrogens (tertiary/aromatic N) is 2. The van der Waals surface area contributed by atoms with Crippen LogP contribution in [0.2, 0.25) is 0 Å². The first kappa shape index (κ1) is 14.6. The quantitative estimate of drug-likeness (QED) is 0.806. The predicted octanol–water partition coefficient (Wildman–Crippen LogP) is 4.83. The SMILES string of the molecule is Cc1c(C2CC2)nn(-c2cccc(OC(F)(F)F)c2)c1C1CC1. The van der Waals surface area contributed by atoms with Gasteiger partial charge in [-0.3, -0.25) is 0 Å². The maximum absolute atomic E-state index is 12.4. The van der Waals surface area contributed by atoms with E-state index in [1.807, 2.05) is 4.68 Å². The van der Waals surface area contributed by atoms with Gasteiger partial charge in [-0.1, -0.05) is 6.07 Å². The second-order valence-corrected chi connectivity index (χ2v) is 6.40. The van der Waals surface area contributed by atoms with Crippen molar-refractivity contribution in [3.05, 3.63) is 41.2 Å². The highest BCUT2D eigenvalue weighted by Gasteiger charge is 2.36. The van der Waals surface area contributed by atoms with Gasteiger partial charge in [0.05, 0.1) is 17.1 Å². The number of hydrogen-bond donors (Lipinski definition) is 0. The largest absolute Gasteiger partial charge is 0.573 e. The fraction of sp³-hybridized carbons (Fsp3) is 0.471. The number of rotatable bonds is 4. The van der Waals surface area contributed by atoms with Crippen LogP contribution >= 0.6 is 0 Å². The minimum absolute atomic E-state index is 0.210. The Labute approximate surface area is 132 Å². The zero-order valence-electron chi connectivity index (χ0n) is 12.7. The molecule has 2 aliphatic rings. The van der Waals surface area contributed by atoms with E-state index < -0.39 is 6.36 Å². The minimum atomic E-state index is -4.68. The van der Waals surface area contributed by atoms with Crippen LogP contribution in [0.4, 0.5) is 13.2 Å². The smallest absolute Gasteiger partial charge is 0.406 e. The highest BCUT2D eigenvalue weighted by molar-refractivity contribution is 5.45. The molecule has 6 heteroatoms. The van der Waals surface area contributed by atoms with E-state index in [2.05, 4.69) is 11.7 Å². The first-order chi connectivity index (χ1) is 10.9. The number of benzene rings is 1. The van der Waals surface area contributed by atoms with Gasteiger partial charge in [-0.15, -0.1) is 13.2 Å². The molecule has 0 atom stereocenters. The summed E-state index contributed by atoms with van der Waals surface area (Å²) in [6.07, 6.45) is -0.139. The van der Waals surface area contributed by atoms with E-state index in [4.69, 9.17) is 5.10 Å². The summed E-state index contributed by atoms with van der Waals surface area (Å²) in [4.78, 5) is 0. The summed E-state index contributed by atoms with van der Waals surface area (Å²) in [6.45, 7) is 2.08. The first-order valence-corrected chi connectivity index (χ1v) is 7.88. The van der Waals surface area contributed by atoms with Crippen molar-refractivity contribution in [2.75, 3.05) is 0 Å². The van der Waals surface area contributed by atoms with Crippen LogP contribution in [-0.2, 0) is 0 Å². The van der Waals surface area contributed by atoms with Crippen molar-refractivity contribution >= 4 is 0 Å². The van der Waals surface area contributed by atoms with Crippen LogP contribution in [0, 0.1) is 6.92 Å². The molecule has 2 aliphatic carbocycles. The van der Waals surface area contributed by atoms with Crippen molar-refractivity contribution < 1.29 is 17.9 Å². The van der Waals surface area contributed by atoms with Crippen LogP contribution < -0.4 is 4.74 Å². The molecular formula is C17H17F3N2O. The predicted molar refractivity (Wildman–Crippen MR) is 78.9 cm³/mol. The molecule has 1 aromatic heterocycles. The normalized spacial score (nSPS) is 18.3. The maximum Gasteiger partial charge on any atom is 0.573 e. The van der Waals surface area contributed by atoms with Gasteiger partial charge in [0, 0.05) is 17.9 Å². The molecule has 0 amide bonds. The second kappa shape index (κ2) is 5.01. The lowest BCUT2D eigenvalue weighted by Crippen LogP contribution is -2.17. The van der Waals surface area contributed by atoms with Crippen molar-refractivity contribution in [2.24, 2.45) is 0 Å². The third kappa shape index (κ3) is 2.94. The molecule has 0 saturated heterocycles. The Bertz CT molecular complexity index is 743. The first-order valence-electron chi connectivity index (χ1n) is 7.88. The minimum Gasteiger partial charge on any atom is -0.406 e. The van der Waals surface area contributed by atoms with E-state index in [1.165, 1.54) is 17.7 Å².